The Bertz CT molecular complexity index is 682. The van der Waals surface area contributed by atoms with Crippen molar-refractivity contribution in [1.82, 2.24) is 10.3 Å². The molecule has 1 aromatic carbocycles. The summed E-state index contributed by atoms with van der Waals surface area (Å²) in [7, 11) is 0. The second-order valence-electron chi connectivity index (χ2n) is 4.92. The van der Waals surface area contributed by atoms with Gasteiger partial charge in [-0.3, -0.25) is 4.79 Å². The zero-order valence-corrected chi connectivity index (χ0v) is 12.7. The summed E-state index contributed by atoms with van der Waals surface area (Å²) in [6, 6.07) is 7.07. The van der Waals surface area contributed by atoms with E-state index in [0.717, 1.165) is 5.01 Å². The SMILES string of the molecule is CC(C)(NC(=O)c1ccccc1C#CCO)c1nccs1. The molecule has 1 aromatic heterocycles. The molecule has 21 heavy (non-hydrogen) atoms. The first-order valence-electron chi connectivity index (χ1n) is 6.46. The largest absolute Gasteiger partial charge is 0.384 e. The molecule has 2 aromatic rings. The van der Waals surface area contributed by atoms with E-state index in [1.165, 1.54) is 11.3 Å². The van der Waals surface area contributed by atoms with Gasteiger partial charge in [0.05, 0.1) is 11.1 Å². The van der Waals surface area contributed by atoms with Gasteiger partial charge in [-0.05, 0) is 26.0 Å². The molecular weight excluding hydrogens is 284 g/mol. The fraction of sp³-hybridized carbons (Fsp3) is 0.250. The first kappa shape index (κ1) is 15.2. The van der Waals surface area contributed by atoms with E-state index in [-0.39, 0.29) is 12.5 Å². The predicted molar refractivity (Wildman–Crippen MR) is 83.0 cm³/mol. The van der Waals surface area contributed by atoms with Crippen LogP contribution in [0, 0.1) is 11.8 Å². The van der Waals surface area contributed by atoms with Crippen LogP contribution in [0.25, 0.3) is 0 Å². The second kappa shape index (κ2) is 6.53. The second-order valence-corrected chi connectivity index (χ2v) is 5.82. The summed E-state index contributed by atoms with van der Waals surface area (Å²) in [5.74, 6) is 5.15. The van der Waals surface area contributed by atoms with Crippen LogP contribution in [0.4, 0.5) is 0 Å². The van der Waals surface area contributed by atoms with Crippen molar-refractivity contribution in [2.45, 2.75) is 19.4 Å². The molecule has 0 aliphatic heterocycles. The van der Waals surface area contributed by atoms with Crippen molar-refractivity contribution in [3.8, 4) is 11.8 Å². The molecule has 5 heteroatoms. The number of nitrogens with one attached hydrogen (secondary N) is 1. The minimum absolute atomic E-state index is 0.210. The Balaban J connectivity index is 2.25. The van der Waals surface area contributed by atoms with Crippen LogP contribution in [0.15, 0.2) is 35.8 Å². The van der Waals surface area contributed by atoms with Crippen molar-refractivity contribution in [2.24, 2.45) is 0 Å². The lowest BCUT2D eigenvalue weighted by Gasteiger charge is -2.24. The molecule has 0 saturated carbocycles. The highest BCUT2D eigenvalue weighted by atomic mass is 32.1. The molecule has 108 valence electrons. The standard InChI is InChI=1S/C16H16N2O2S/c1-16(2,15-17-9-11-21-15)18-14(20)13-8-4-3-6-12(13)7-5-10-19/h3-4,6,8-9,11,19H,10H2,1-2H3,(H,18,20). The Morgan fingerprint density at radius 1 is 1.43 bits per heavy atom. The van der Waals surface area contributed by atoms with E-state index >= 15 is 0 Å². The Labute approximate surface area is 127 Å². The zero-order chi connectivity index (χ0) is 15.3. The summed E-state index contributed by atoms with van der Waals surface area (Å²) in [5, 5.41) is 14.5. The van der Waals surface area contributed by atoms with Gasteiger partial charge in [-0.1, -0.05) is 24.0 Å². The van der Waals surface area contributed by atoms with E-state index in [1.54, 1.807) is 24.4 Å². The van der Waals surface area contributed by atoms with Crippen LogP contribution in [0.5, 0.6) is 0 Å². The van der Waals surface area contributed by atoms with Gasteiger partial charge in [0.15, 0.2) is 0 Å². The van der Waals surface area contributed by atoms with Gasteiger partial charge in [0, 0.05) is 17.1 Å². The highest BCUT2D eigenvalue weighted by molar-refractivity contribution is 7.09. The van der Waals surface area contributed by atoms with Crippen molar-refractivity contribution in [2.75, 3.05) is 6.61 Å². The van der Waals surface area contributed by atoms with Crippen LogP contribution in [0.1, 0.15) is 34.8 Å². The number of aliphatic hydroxyl groups excluding tert-OH is 1. The number of thiazole rings is 1. The van der Waals surface area contributed by atoms with Gasteiger partial charge in [-0.2, -0.15) is 0 Å². The Hall–Kier alpha value is -2.16. The maximum atomic E-state index is 12.5. The summed E-state index contributed by atoms with van der Waals surface area (Å²) in [5.41, 5.74) is 0.532. The molecule has 1 heterocycles. The number of carbonyl (C=O) groups is 1. The summed E-state index contributed by atoms with van der Waals surface area (Å²) < 4.78 is 0. The van der Waals surface area contributed by atoms with E-state index in [9.17, 15) is 4.79 Å². The number of aliphatic hydroxyl groups is 1. The fourth-order valence-electron chi connectivity index (χ4n) is 1.86. The van der Waals surface area contributed by atoms with Crippen molar-refractivity contribution in [3.63, 3.8) is 0 Å². The van der Waals surface area contributed by atoms with Crippen LogP contribution in [-0.4, -0.2) is 22.6 Å². The molecule has 0 spiro atoms. The Morgan fingerprint density at radius 3 is 2.86 bits per heavy atom. The lowest BCUT2D eigenvalue weighted by molar-refractivity contribution is 0.0911. The maximum absolute atomic E-state index is 12.5. The van der Waals surface area contributed by atoms with Gasteiger partial charge in [-0.15, -0.1) is 11.3 Å². The molecule has 0 unspecified atom stereocenters. The van der Waals surface area contributed by atoms with Crippen molar-refractivity contribution < 1.29 is 9.90 Å². The van der Waals surface area contributed by atoms with Crippen molar-refractivity contribution >= 4 is 17.2 Å². The number of rotatable bonds is 3. The summed E-state index contributed by atoms with van der Waals surface area (Å²) in [6.07, 6.45) is 1.72. The van der Waals surface area contributed by atoms with E-state index < -0.39 is 5.54 Å². The predicted octanol–water partition coefficient (Wildman–Crippen LogP) is 2.15. The summed E-state index contributed by atoms with van der Waals surface area (Å²) in [6.45, 7) is 3.58. The van der Waals surface area contributed by atoms with Crippen molar-refractivity contribution in [3.05, 3.63) is 52.0 Å². The smallest absolute Gasteiger partial charge is 0.253 e. The molecule has 4 nitrogen and oxygen atoms in total. The van der Waals surface area contributed by atoms with Gasteiger partial charge in [0.2, 0.25) is 0 Å². The summed E-state index contributed by atoms with van der Waals surface area (Å²) >= 11 is 1.50. The number of hydrogen-bond donors (Lipinski definition) is 2. The average Bonchev–Trinajstić information content (AvgIpc) is 3.00. The number of amides is 1. The fourth-order valence-corrected chi connectivity index (χ4v) is 2.58. The first-order chi connectivity index (χ1) is 10.0. The van der Waals surface area contributed by atoms with E-state index in [0.29, 0.717) is 11.1 Å². The minimum Gasteiger partial charge on any atom is -0.384 e. The Kier molecular flexibility index (Phi) is 4.73. The number of benzene rings is 1. The van der Waals surface area contributed by atoms with Crippen LogP contribution in [-0.2, 0) is 5.54 Å². The zero-order valence-electron chi connectivity index (χ0n) is 11.9. The molecule has 0 fully saturated rings. The number of hydrogen-bond acceptors (Lipinski definition) is 4. The maximum Gasteiger partial charge on any atom is 0.253 e. The minimum atomic E-state index is -0.553. The third-order valence-electron chi connectivity index (χ3n) is 2.87. The Morgan fingerprint density at radius 2 is 2.19 bits per heavy atom. The van der Waals surface area contributed by atoms with Gasteiger partial charge >= 0.3 is 0 Å². The van der Waals surface area contributed by atoms with Gasteiger partial charge < -0.3 is 10.4 Å². The molecule has 0 aliphatic carbocycles. The molecule has 0 bridgehead atoms. The molecule has 2 rings (SSSR count). The van der Waals surface area contributed by atoms with Crippen LogP contribution in [0.3, 0.4) is 0 Å². The highest BCUT2D eigenvalue weighted by Gasteiger charge is 2.26. The monoisotopic (exact) mass is 300 g/mol. The lowest BCUT2D eigenvalue weighted by atomic mass is 10.0. The highest BCUT2D eigenvalue weighted by Crippen LogP contribution is 2.22. The van der Waals surface area contributed by atoms with Gasteiger partial charge in [0.1, 0.15) is 11.6 Å². The van der Waals surface area contributed by atoms with Crippen LogP contribution < -0.4 is 5.32 Å². The number of nitrogens with zero attached hydrogens (tertiary/aromatic N) is 1. The molecule has 0 aliphatic rings. The number of carbonyl (C=O) groups excluding carboxylic acids is 1. The molecule has 2 N–H and O–H groups in total. The van der Waals surface area contributed by atoms with E-state index in [4.69, 9.17) is 5.11 Å². The molecule has 0 saturated heterocycles. The third kappa shape index (κ3) is 3.69. The molecule has 1 amide bonds. The van der Waals surface area contributed by atoms with Gasteiger partial charge in [0.25, 0.3) is 5.91 Å². The van der Waals surface area contributed by atoms with Crippen molar-refractivity contribution in [1.29, 1.82) is 0 Å². The van der Waals surface area contributed by atoms with Crippen LogP contribution >= 0.6 is 11.3 Å². The first-order valence-corrected chi connectivity index (χ1v) is 7.34. The summed E-state index contributed by atoms with van der Waals surface area (Å²) in [4.78, 5) is 16.7. The van der Waals surface area contributed by atoms with Crippen LogP contribution in [0.2, 0.25) is 0 Å². The average molecular weight is 300 g/mol. The lowest BCUT2D eigenvalue weighted by Crippen LogP contribution is -2.41. The third-order valence-corrected chi connectivity index (χ3v) is 3.96. The van der Waals surface area contributed by atoms with Gasteiger partial charge in [-0.25, -0.2) is 4.98 Å². The van der Waals surface area contributed by atoms with E-state index in [2.05, 4.69) is 22.1 Å². The normalized spacial score (nSPS) is 10.6. The molecule has 0 atom stereocenters. The number of aromatic nitrogens is 1. The molecule has 0 radical (unpaired) electrons. The van der Waals surface area contributed by atoms with E-state index in [1.807, 2.05) is 25.3 Å². The topological polar surface area (TPSA) is 62.2 Å². The quantitative estimate of drug-likeness (QED) is 0.854. The molecular formula is C16H16N2O2S.